The van der Waals surface area contributed by atoms with Crippen LogP contribution in [0, 0.1) is 23.7 Å². The van der Waals surface area contributed by atoms with Crippen molar-refractivity contribution in [2.75, 3.05) is 0 Å². The Bertz CT molecular complexity index is 2470. The first-order valence-corrected chi connectivity index (χ1v) is 16.1. The van der Waals surface area contributed by atoms with Gasteiger partial charge in [-0.1, -0.05) is 103 Å². The summed E-state index contributed by atoms with van der Waals surface area (Å²) in [4.78, 5) is 0. The molecular weight excluding hydrogens is 581 g/mol. The second-order valence-electron chi connectivity index (χ2n) is 11.9. The van der Waals surface area contributed by atoms with Crippen molar-refractivity contribution < 1.29 is 0 Å². The van der Waals surface area contributed by atoms with Gasteiger partial charge in [-0.25, -0.2) is 0 Å². The van der Waals surface area contributed by atoms with E-state index in [4.69, 9.17) is 0 Å². The van der Waals surface area contributed by atoms with Crippen LogP contribution >= 0.6 is 0 Å². The van der Waals surface area contributed by atoms with E-state index in [2.05, 4.69) is 184 Å². The summed E-state index contributed by atoms with van der Waals surface area (Å²) in [5.74, 6) is 13.4. The van der Waals surface area contributed by atoms with Crippen LogP contribution in [0.15, 0.2) is 170 Å². The van der Waals surface area contributed by atoms with Crippen LogP contribution in [-0.4, -0.2) is 9.13 Å². The predicted octanol–water partition coefficient (Wildman–Crippen LogP) is 10.7. The normalized spacial score (nSPS) is 11.0. The summed E-state index contributed by atoms with van der Waals surface area (Å²) in [5, 5.41) is 5.04. The molecule has 9 rings (SSSR count). The maximum atomic E-state index is 3.34. The predicted molar refractivity (Wildman–Crippen MR) is 200 cm³/mol. The molecule has 0 spiro atoms. The number of hydrogen-bond acceptors (Lipinski definition) is 0. The van der Waals surface area contributed by atoms with E-state index in [1.165, 1.54) is 43.6 Å². The van der Waals surface area contributed by atoms with E-state index < -0.39 is 0 Å². The zero-order valence-electron chi connectivity index (χ0n) is 26.1. The van der Waals surface area contributed by atoms with Crippen molar-refractivity contribution in [3.8, 4) is 35.1 Å². The topological polar surface area (TPSA) is 9.86 Å². The van der Waals surface area contributed by atoms with E-state index in [9.17, 15) is 0 Å². The number of rotatable bonds is 2. The molecule has 0 unspecified atom stereocenters. The van der Waals surface area contributed by atoms with Gasteiger partial charge in [0.05, 0.1) is 22.1 Å². The van der Waals surface area contributed by atoms with Crippen molar-refractivity contribution in [2.24, 2.45) is 0 Å². The summed E-state index contributed by atoms with van der Waals surface area (Å²) >= 11 is 0. The fourth-order valence-electron chi connectivity index (χ4n) is 6.75. The molecule has 0 aliphatic heterocycles. The van der Waals surface area contributed by atoms with Crippen molar-refractivity contribution in [1.82, 2.24) is 9.13 Å². The zero-order valence-corrected chi connectivity index (χ0v) is 26.1. The van der Waals surface area contributed by atoms with Crippen molar-refractivity contribution in [1.29, 1.82) is 0 Å². The first-order chi connectivity index (χ1) is 23.8. The summed E-state index contributed by atoms with van der Waals surface area (Å²) in [7, 11) is 0. The number of hydrogen-bond donors (Lipinski definition) is 0. The number of nitrogens with zero attached hydrogens (tertiary/aromatic N) is 2. The lowest BCUT2D eigenvalue weighted by Crippen LogP contribution is -1.93. The monoisotopic (exact) mass is 608 g/mol. The van der Waals surface area contributed by atoms with Gasteiger partial charge < -0.3 is 9.13 Å². The van der Waals surface area contributed by atoms with Crippen LogP contribution in [0.4, 0.5) is 0 Å². The Balaban J connectivity index is 0.957. The van der Waals surface area contributed by atoms with E-state index in [-0.39, 0.29) is 0 Å². The summed E-state index contributed by atoms with van der Waals surface area (Å²) in [6, 6.07) is 59.4. The highest BCUT2D eigenvalue weighted by molar-refractivity contribution is 6.10. The maximum Gasteiger partial charge on any atom is 0.0541 e. The Kier molecular flexibility index (Phi) is 6.64. The SMILES string of the molecule is C(#Cc1cccc(C#Cc2ccc(-n3c4ccccc4c4ccccc43)cc2)c1)c1ccc(-n2c3ccccc3c3ccccc32)cc1. The van der Waals surface area contributed by atoms with Gasteiger partial charge >= 0.3 is 0 Å². The molecule has 9 aromatic rings. The quantitative estimate of drug-likeness (QED) is 0.173. The third-order valence-corrected chi connectivity index (χ3v) is 8.98. The second-order valence-corrected chi connectivity index (χ2v) is 11.9. The highest BCUT2D eigenvalue weighted by Crippen LogP contribution is 2.33. The molecule has 0 bridgehead atoms. The average Bonchev–Trinajstić information content (AvgIpc) is 3.67. The van der Waals surface area contributed by atoms with Gasteiger partial charge in [0.15, 0.2) is 0 Å². The molecular formula is C46H28N2. The molecule has 2 nitrogen and oxygen atoms in total. The van der Waals surface area contributed by atoms with Crippen molar-refractivity contribution >= 4 is 43.6 Å². The van der Waals surface area contributed by atoms with Crippen LogP contribution in [0.3, 0.4) is 0 Å². The van der Waals surface area contributed by atoms with Crippen molar-refractivity contribution in [3.63, 3.8) is 0 Å². The molecule has 2 aromatic heterocycles. The third kappa shape index (κ3) is 4.81. The maximum absolute atomic E-state index is 3.34. The molecule has 222 valence electrons. The summed E-state index contributed by atoms with van der Waals surface area (Å²) in [6.07, 6.45) is 0. The molecule has 0 amide bonds. The molecule has 0 aliphatic carbocycles. The van der Waals surface area contributed by atoms with E-state index in [0.717, 1.165) is 33.6 Å². The second kappa shape index (κ2) is 11.6. The Labute approximate surface area is 279 Å². The van der Waals surface area contributed by atoms with Crippen LogP contribution in [-0.2, 0) is 0 Å². The highest BCUT2D eigenvalue weighted by Gasteiger charge is 2.12. The number of aromatic nitrogens is 2. The fraction of sp³-hybridized carbons (Fsp3) is 0. The lowest BCUT2D eigenvalue weighted by molar-refractivity contribution is 1.18. The van der Waals surface area contributed by atoms with E-state index in [0.29, 0.717) is 0 Å². The minimum Gasteiger partial charge on any atom is -0.309 e. The van der Waals surface area contributed by atoms with Gasteiger partial charge in [0.25, 0.3) is 0 Å². The molecule has 0 aliphatic rings. The molecule has 7 aromatic carbocycles. The van der Waals surface area contributed by atoms with E-state index in [1.54, 1.807) is 0 Å². The minimum absolute atomic E-state index is 0.940. The van der Waals surface area contributed by atoms with Crippen molar-refractivity contribution in [3.05, 3.63) is 192 Å². The molecule has 0 fully saturated rings. The van der Waals surface area contributed by atoms with Crippen LogP contribution in [0.25, 0.3) is 55.0 Å². The lowest BCUT2D eigenvalue weighted by atomic mass is 10.1. The summed E-state index contributed by atoms with van der Waals surface area (Å²) < 4.78 is 4.64. The number of benzene rings is 7. The van der Waals surface area contributed by atoms with Gasteiger partial charge in [0.1, 0.15) is 0 Å². The van der Waals surface area contributed by atoms with E-state index in [1.807, 2.05) is 18.2 Å². The van der Waals surface area contributed by atoms with Gasteiger partial charge in [-0.3, -0.25) is 0 Å². The van der Waals surface area contributed by atoms with Gasteiger partial charge in [-0.05, 0) is 91.0 Å². The van der Waals surface area contributed by atoms with Gasteiger partial charge in [-0.2, -0.15) is 0 Å². The van der Waals surface area contributed by atoms with Crippen LogP contribution in [0.2, 0.25) is 0 Å². The Morgan fingerprint density at radius 3 is 0.938 bits per heavy atom. The first-order valence-electron chi connectivity index (χ1n) is 16.1. The zero-order chi connectivity index (χ0) is 31.9. The Hall–Kier alpha value is -6.74. The summed E-state index contributed by atoms with van der Waals surface area (Å²) in [6.45, 7) is 0. The molecule has 2 heterocycles. The third-order valence-electron chi connectivity index (χ3n) is 8.98. The smallest absolute Gasteiger partial charge is 0.0541 e. The van der Waals surface area contributed by atoms with Crippen LogP contribution < -0.4 is 0 Å². The minimum atomic E-state index is 0.940. The standard InChI is InChI=1S/C46H28N2/c1-5-16-43-39(12-1)40-13-2-6-17-44(40)47(43)37-28-24-33(25-29-37)20-22-35-10-9-11-36(32-35)23-21-34-26-30-38(31-27-34)48-45-18-7-3-14-41(45)42-15-4-8-19-46(42)48/h1-19,24-32H. The highest BCUT2D eigenvalue weighted by atomic mass is 15.0. The molecule has 2 heteroatoms. The molecule has 0 radical (unpaired) electrons. The number of para-hydroxylation sites is 4. The largest absolute Gasteiger partial charge is 0.309 e. The first kappa shape index (κ1) is 27.6. The van der Waals surface area contributed by atoms with Crippen LogP contribution in [0.1, 0.15) is 22.3 Å². The molecule has 48 heavy (non-hydrogen) atoms. The van der Waals surface area contributed by atoms with Gasteiger partial charge in [-0.15, -0.1) is 0 Å². The average molecular weight is 609 g/mol. The molecule has 0 saturated heterocycles. The molecule has 0 saturated carbocycles. The number of fused-ring (bicyclic) bond motifs is 6. The molecule has 0 N–H and O–H groups in total. The Morgan fingerprint density at radius 2 is 0.583 bits per heavy atom. The lowest BCUT2D eigenvalue weighted by Gasteiger charge is -2.07. The van der Waals surface area contributed by atoms with Gasteiger partial charge in [0.2, 0.25) is 0 Å². The Morgan fingerprint density at radius 1 is 0.271 bits per heavy atom. The fourth-order valence-corrected chi connectivity index (χ4v) is 6.75. The van der Waals surface area contributed by atoms with Gasteiger partial charge in [0, 0.05) is 55.2 Å². The van der Waals surface area contributed by atoms with Crippen LogP contribution in [0.5, 0.6) is 0 Å². The summed E-state index contributed by atoms with van der Waals surface area (Å²) in [5.41, 5.74) is 10.9. The van der Waals surface area contributed by atoms with Crippen molar-refractivity contribution in [2.45, 2.75) is 0 Å². The van der Waals surface area contributed by atoms with E-state index >= 15 is 0 Å². The molecule has 0 atom stereocenters.